The second-order valence-electron chi connectivity index (χ2n) is 5.54. The number of ether oxygens (including phenoxy) is 2. The lowest BCUT2D eigenvalue weighted by atomic mass is 10.1. The van der Waals surface area contributed by atoms with E-state index in [4.69, 9.17) is 14.3 Å². The van der Waals surface area contributed by atoms with Crippen molar-refractivity contribution in [2.24, 2.45) is 0 Å². The Morgan fingerprint density at radius 3 is 2.41 bits per heavy atom. The maximum atomic E-state index is 14.3. The molecule has 11 heteroatoms. The topological polar surface area (TPSA) is 68.8 Å². The summed E-state index contributed by atoms with van der Waals surface area (Å²) in [4.78, 5) is 17.1. The van der Waals surface area contributed by atoms with Crippen LogP contribution in [0.3, 0.4) is 0 Å². The number of hydrogen-bond donors (Lipinski definition) is 2. The van der Waals surface area contributed by atoms with Crippen LogP contribution >= 0.6 is 22.6 Å². The van der Waals surface area contributed by atoms with E-state index in [9.17, 15) is 22.4 Å². The third kappa shape index (κ3) is 6.52. The van der Waals surface area contributed by atoms with Crippen molar-refractivity contribution < 1.29 is 36.7 Å². The number of hydrogen-bond acceptors (Lipinski definition) is 5. The van der Waals surface area contributed by atoms with E-state index in [1.807, 2.05) is 28.1 Å². The van der Waals surface area contributed by atoms with Gasteiger partial charge in [-0.1, -0.05) is 0 Å². The molecule has 0 spiro atoms. The number of benzene rings is 2. The monoisotopic (exact) mass is 528 g/mol. The molecule has 0 aliphatic heterocycles. The molecular formula is C18H17F4IN2O4. The minimum atomic E-state index is -1.80. The summed E-state index contributed by atoms with van der Waals surface area (Å²) in [5.41, 5.74) is 0.401. The first kappa shape index (κ1) is 23.3. The van der Waals surface area contributed by atoms with Gasteiger partial charge in [0, 0.05) is 10.7 Å². The lowest BCUT2D eigenvalue weighted by molar-refractivity contribution is -0.00938. The quantitative estimate of drug-likeness (QED) is 0.161. The summed E-state index contributed by atoms with van der Waals surface area (Å²) >= 11 is 1.87. The van der Waals surface area contributed by atoms with Gasteiger partial charge in [-0.3, -0.25) is 9.63 Å². The normalized spacial score (nSPS) is 10.8. The first-order chi connectivity index (χ1) is 13.8. The Hall–Kier alpha value is -1.96. The summed E-state index contributed by atoms with van der Waals surface area (Å²) < 4.78 is 66.1. The number of methoxy groups -OCH3 is 1. The standard InChI is InChI=1S/C18H17F4IN2O4/c1-27-4-5-28-6-7-29-25-18(26)11-9-13(20)15(21)16(22)17(11)24-14-3-2-10(23)8-12(14)19/h2-3,8-9,24H,4-7H2,1H3,(H,25,26). The van der Waals surface area contributed by atoms with Gasteiger partial charge in [-0.2, -0.15) is 0 Å². The summed E-state index contributed by atoms with van der Waals surface area (Å²) in [5.74, 6) is -6.88. The molecule has 158 valence electrons. The van der Waals surface area contributed by atoms with E-state index in [0.717, 1.165) is 6.07 Å². The van der Waals surface area contributed by atoms with Crippen molar-refractivity contribution in [1.29, 1.82) is 0 Å². The predicted molar refractivity (Wildman–Crippen MR) is 105 cm³/mol. The van der Waals surface area contributed by atoms with E-state index in [0.29, 0.717) is 22.9 Å². The fourth-order valence-electron chi connectivity index (χ4n) is 2.14. The van der Waals surface area contributed by atoms with Gasteiger partial charge in [0.25, 0.3) is 5.91 Å². The Kier molecular flexibility index (Phi) is 9.07. The smallest absolute Gasteiger partial charge is 0.277 e. The van der Waals surface area contributed by atoms with Crippen molar-refractivity contribution in [3.05, 3.63) is 56.7 Å². The Labute approximate surface area is 177 Å². The molecule has 0 unspecified atom stereocenters. The molecule has 1 amide bonds. The Bertz CT molecular complexity index is 870. The molecule has 0 heterocycles. The van der Waals surface area contributed by atoms with Gasteiger partial charge in [-0.05, 0) is 46.9 Å². The summed E-state index contributed by atoms with van der Waals surface area (Å²) in [6, 6.07) is 4.41. The third-order valence-electron chi connectivity index (χ3n) is 3.52. The first-order valence-corrected chi connectivity index (χ1v) is 9.31. The van der Waals surface area contributed by atoms with Gasteiger partial charge in [0.2, 0.25) is 0 Å². The van der Waals surface area contributed by atoms with Gasteiger partial charge in [-0.25, -0.2) is 23.0 Å². The van der Waals surface area contributed by atoms with Gasteiger partial charge < -0.3 is 14.8 Å². The summed E-state index contributed by atoms with van der Waals surface area (Å²) in [5, 5.41) is 2.30. The lowest BCUT2D eigenvalue weighted by Gasteiger charge is -2.15. The van der Waals surface area contributed by atoms with Gasteiger partial charge in [-0.15, -0.1) is 0 Å². The van der Waals surface area contributed by atoms with Crippen LogP contribution in [0.5, 0.6) is 0 Å². The average molecular weight is 528 g/mol. The fourth-order valence-corrected chi connectivity index (χ4v) is 2.59. The van der Waals surface area contributed by atoms with Gasteiger partial charge >= 0.3 is 0 Å². The minimum absolute atomic E-state index is 0.0594. The van der Waals surface area contributed by atoms with Crippen molar-refractivity contribution in [1.82, 2.24) is 5.48 Å². The molecule has 2 N–H and O–H groups in total. The molecule has 0 aliphatic rings. The molecule has 2 aromatic rings. The van der Waals surface area contributed by atoms with Crippen LogP contribution in [0.2, 0.25) is 0 Å². The Morgan fingerprint density at radius 1 is 1.00 bits per heavy atom. The third-order valence-corrected chi connectivity index (χ3v) is 4.20. The van der Waals surface area contributed by atoms with E-state index >= 15 is 0 Å². The molecule has 0 radical (unpaired) electrons. The number of rotatable bonds is 10. The van der Waals surface area contributed by atoms with Crippen LogP contribution in [0.1, 0.15) is 10.4 Å². The number of hydroxylamine groups is 1. The van der Waals surface area contributed by atoms with E-state index in [2.05, 4.69) is 5.32 Å². The van der Waals surface area contributed by atoms with Crippen molar-refractivity contribution in [2.75, 3.05) is 38.9 Å². The number of amides is 1. The maximum Gasteiger partial charge on any atom is 0.277 e. The van der Waals surface area contributed by atoms with Crippen molar-refractivity contribution >= 4 is 39.9 Å². The number of carbonyl (C=O) groups is 1. The van der Waals surface area contributed by atoms with Crippen LogP contribution in [0.25, 0.3) is 0 Å². The van der Waals surface area contributed by atoms with Crippen LogP contribution in [0.4, 0.5) is 28.9 Å². The molecule has 2 rings (SSSR count). The van der Waals surface area contributed by atoms with Gasteiger partial charge in [0.15, 0.2) is 17.5 Å². The summed E-state index contributed by atoms with van der Waals surface area (Å²) in [6.07, 6.45) is 0. The molecule has 0 bridgehead atoms. The van der Waals surface area contributed by atoms with Crippen LogP contribution in [0.15, 0.2) is 24.3 Å². The second kappa shape index (κ2) is 11.3. The molecule has 0 atom stereocenters. The highest BCUT2D eigenvalue weighted by atomic mass is 127. The highest BCUT2D eigenvalue weighted by Crippen LogP contribution is 2.30. The molecule has 2 aromatic carbocycles. The number of carbonyl (C=O) groups excluding carboxylic acids is 1. The zero-order valence-corrected chi connectivity index (χ0v) is 17.3. The molecule has 0 saturated carbocycles. The van der Waals surface area contributed by atoms with Crippen molar-refractivity contribution in [3.8, 4) is 0 Å². The molecule has 0 fully saturated rings. The van der Waals surface area contributed by atoms with E-state index in [-0.39, 0.29) is 18.9 Å². The largest absolute Gasteiger partial charge is 0.382 e. The molecule has 0 aromatic heterocycles. The van der Waals surface area contributed by atoms with Crippen LogP contribution in [-0.2, 0) is 14.3 Å². The highest BCUT2D eigenvalue weighted by molar-refractivity contribution is 14.1. The molecular weight excluding hydrogens is 511 g/mol. The van der Waals surface area contributed by atoms with Crippen molar-refractivity contribution in [2.45, 2.75) is 0 Å². The van der Waals surface area contributed by atoms with Crippen LogP contribution in [0, 0.1) is 26.8 Å². The number of nitrogens with one attached hydrogen (secondary N) is 2. The first-order valence-electron chi connectivity index (χ1n) is 8.23. The summed E-state index contributed by atoms with van der Waals surface area (Å²) in [7, 11) is 1.51. The Morgan fingerprint density at radius 2 is 1.72 bits per heavy atom. The SMILES string of the molecule is COCCOCCONC(=O)c1cc(F)c(F)c(F)c1Nc1ccc(I)cc1F. The van der Waals surface area contributed by atoms with E-state index in [1.165, 1.54) is 19.2 Å². The van der Waals surface area contributed by atoms with E-state index in [1.54, 1.807) is 0 Å². The van der Waals surface area contributed by atoms with Gasteiger partial charge in [0.05, 0.1) is 43.4 Å². The number of halogens is 5. The number of anilines is 2. The second-order valence-corrected chi connectivity index (χ2v) is 6.79. The Balaban J connectivity index is 2.15. The van der Waals surface area contributed by atoms with Crippen LogP contribution < -0.4 is 10.8 Å². The van der Waals surface area contributed by atoms with E-state index < -0.39 is 40.4 Å². The maximum absolute atomic E-state index is 14.3. The zero-order chi connectivity index (χ0) is 21.4. The average Bonchev–Trinajstić information content (AvgIpc) is 2.69. The van der Waals surface area contributed by atoms with Crippen LogP contribution in [-0.4, -0.2) is 39.4 Å². The molecule has 0 aliphatic carbocycles. The molecule has 6 nitrogen and oxygen atoms in total. The fraction of sp³-hybridized carbons (Fsp3) is 0.278. The minimum Gasteiger partial charge on any atom is -0.382 e. The van der Waals surface area contributed by atoms with Crippen molar-refractivity contribution in [3.63, 3.8) is 0 Å². The predicted octanol–water partition coefficient (Wildman–Crippen LogP) is 3.92. The van der Waals surface area contributed by atoms with Gasteiger partial charge in [0.1, 0.15) is 5.82 Å². The molecule has 0 saturated heterocycles. The summed E-state index contributed by atoms with van der Waals surface area (Å²) in [6.45, 7) is 0.757. The molecule has 29 heavy (non-hydrogen) atoms. The lowest BCUT2D eigenvalue weighted by Crippen LogP contribution is -2.27. The highest BCUT2D eigenvalue weighted by Gasteiger charge is 2.24. The zero-order valence-electron chi connectivity index (χ0n) is 15.2.